The van der Waals surface area contributed by atoms with E-state index in [1.54, 1.807) is 18.2 Å². The summed E-state index contributed by atoms with van der Waals surface area (Å²) < 4.78 is 13.4. The predicted octanol–water partition coefficient (Wildman–Crippen LogP) is 0.716. The number of phenols is 1. The van der Waals surface area contributed by atoms with Crippen molar-refractivity contribution in [2.24, 2.45) is 22.2 Å². The largest absolute Gasteiger partial charge is 0.508 e. The Morgan fingerprint density at radius 3 is 1.92 bits per heavy atom. The van der Waals surface area contributed by atoms with Crippen LogP contribution in [0.1, 0.15) is 47.2 Å². The van der Waals surface area contributed by atoms with E-state index in [2.05, 4.69) is 31.6 Å². The standard InChI is InChI=1S/C42H50FN9O8/c43-30-15-13-28(14-16-30)37(56)47-19-3-7-33(50-38(57)32(44)22-25-10-17-31(53)18-11-25)40(59)51-34(8-4-20-48-42(45)46)41(60)52-35(39(58)49-24-36(54)55)23-26-9-12-27-5-1-2-6-29(27)21-26/h1-2,5-6,9-18,21,32-35,53H,3-4,7-8,19-20,22-24,44H2,(H,47,56)(H,49,58)(H,50,57)(H,51,59)(H,52,60)(H,54,55)(H4,45,46,48)/t32-,33-,34+,35+/m1/s1. The van der Waals surface area contributed by atoms with E-state index in [4.69, 9.17) is 17.2 Å². The van der Waals surface area contributed by atoms with Crippen LogP contribution in [0.15, 0.2) is 96.0 Å². The summed E-state index contributed by atoms with van der Waals surface area (Å²) in [6.45, 7) is -0.566. The van der Waals surface area contributed by atoms with Gasteiger partial charge in [0, 0.05) is 25.1 Å². The van der Waals surface area contributed by atoms with E-state index in [-0.39, 0.29) is 68.9 Å². The Bertz CT molecular complexity index is 2150. The van der Waals surface area contributed by atoms with Crippen molar-refractivity contribution >= 4 is 52.2 Å². The van der Waals surface area contributed by atoms with Crippen LogP contribution in [0, 0.1) is 5.82 Å². The van der Waals surface area contributed by atoms with E-state index in [1.807, 2.05) is 36.4 Å². The summed E-state index contributed by atoms with van der Waals surface area (Å²) in [4.78, 5) is 82.7. The summed E-state index contributed by atoms with van der Waals surface area (Å²) in [7, 11) is 0. The third kappa shape index (κ3) is 15.0. The molecule has 0 aliphatic heterocycles. The van der Waals surface area contributed by atoms with Gasteiger partial charge in [-0.05, 0) is 90.4 Å². The number of guanidine groups is 1. The zero-order valence-electron chi connectivity index (χ0n) is 32.7. The third-order valence-corrected chi connectivity index (χ3v) is 9.30. The number of nitrogens with zero attached hydrogens (tertiary/aromatic N) is 1. The maximum Gasteiger partial charge on any atom is 0.322 e. The average molecular weight is 828 g/mol. The SMILES string of the molecule is NC(N)=NCCC[C@H](NC(=O)[C@@H](CCCNC(=O)c1ccc(F)cc1)NC(=O)[C@H](N)Cc1ccc(O)cc1)C(=O)N[C@@H](Cc1ccc2ccccc2c1)C(=O)NCC(=O)O. The second kappa shape index (κ2) is 22.8. The molecule has 13 N–H and O–H groups in total. The van der Waals surface area contributed by atoms with Crippen molar-refractivity contribution in [1.82, 2.24) is 26.6 Å². The van der Waals surface area contributed by atoms with Gasteiger partial charge in [0.25, 0.3) is 5.91 Å². The second-order valence-corrected chi connectivity index (χ2v) is 14.0. The highest BCUT2D eigenvalue weighted by Crippen LogP contribution is 2.17. The number of aliphatic carboxylic acids is 1. The fraction of sp³-hybridized carbons (Fsp3) is 0.310. The quantitative estimate of drug-likeness (QED) is 0.0299. The molecule has 0 aliphatic carbocycles. The lowest BCUT2D eigenvalue weighted by molar-refractivity contribution is -0.138. The van der Waals surface area contributed by atoms with Crippen molar-refractivity contribution in [1.29, 1.82) is 0 Å². The summed E-state index contributed by atoms with van der Waals surface area (Å²) in [5.41, 5.74) is 18.7. The molecule has 5 amide bonds. The predicted molar refractivity (Wildman–Crippen MR) is 222 cm³/mol. The molecule has 0 unspecified atom stereocenters. The van der Waals surface area contributed by atoms with Crippen molar-refractivity contribution in [3.63, 3.8) is 0 Å². The van der Waals surface area contributed by atoms with Gasteiger partial charge in [0.05, 0.1) is 6.04 Å². The van der Waals surface area contributed by atoms with Gasteiger partial charge in [-0.15, -0.1) is 0 Å². The Hall–Kier alpha value is -7.08. The first-order valence-electron chi connectivity index (χ1n) is 19.2. The van der Waals surface area contributed by atoms with Gasteiger partial charge in [0.2, 0.25) is 23.6 Å². The number of aromatic hydroxyl groups is 1. The molecule has 0 radical (unpaired) electrons. The zero-order valence-corrected chi connectivity index (χ0v) is 32.7. The van der Waals surface area contributed by atoms with Gasteiger partial charge in [0.1, 0.15) is 36.2 Å². The van der Waals surface area contributed by atoms with Crippen LogP contribution in [0.5, 0.6) is 5.75 Å². The first-order chi connectivity index (χ1) is 28.7. The van der Waals surface area contributed by atoms with E-state index < -0.39 is 72.0 Å². The number of phenolic OH excluding ortho intramolecular Hbond substituents is 1. The summed E-state index contributed by atoms with van der Waals surface area (Å²) in [6, 6.07) is 19.0. The van der Waals surface area contributed by atoms with Crippen LogP contribution in [0.2, 0.25) is 0 Å². The number of amides is 5. The number of hydrogen-bond acceptors (Lipinski definition) is 9. The Morgan fingerprint density at radius 1 is 0.667 bits per heavy atom. The molecule has 0 saturated heterocycles. The second-order valence-electron chi connectivity index (χ2n) is 14.0. The molecule has 60 heavy (non-hydrogen) atoms. The number of nitrogens with one attached hydrogen (secondary N) is 5. The molecule has 18 heteroatoms. The number of aliphatic imine (C=N–C) groups is 1. The fourth-order valence-electron chi connectivity index (χ4n) is 6.15. The number of rotatable bonds is 22. The van der Waals surface area contributed by atoms with Gasteiger partial charge >= 0.3 is 5.97 Å². The van der Waals surface area contributed by atoms with Crippen molar-refractivity contribution in [3.8, 4) is 5.75 Å². The van der Waals surface area contributed by atoms with Crippen LogP contribution < -0.4 is 43.8 Å². The van der Waals surface area contributed by atoms with E-state index in [9.17, 15) is 43.4 Å². The minimum Gasteiger partial charge on any atom is -0.508 e. The van der Waals surface area contributed by atoms with E-state index >= 15 is 0 Å². The lowest BCUT2D eigenvalue weighted by Crippen LogP contribution is -2.58. The smallest absolute Gasteiger partial charge is 0.322 e. The Labute approximate surface area is 345 Å². The Morgan fingerprint density at radius 2 is 1.27 bits per heavy atom. The molecule has 0 aliphatic rings. The fourth-order valence-corrected chi connectivity index (χ4v) is 6.15. The highest BCUT2D eigenvalue weighted by atomic mass is 19.1. The van der Waals surface area contributed by atoms with Crippen LogP contribution in [0.4, 0.5) is 4.39 Å². The molecular formula is C42H50FN9O8. The number of hydrogen-bond donors (Lipinski definition) is 10. The van der Waals surface area contributed by atoms with E-state index in [1.165, 1.54) is 24.3 Å². The maximum absolute atomic E-state index is 14.0. The molecule has 0 heterocycles. The van der Waals surface area contributed by atoms with Crippen LogP contribution in [0.3, 0.4) is 0 Å². The molecule has 4 aromatic carbocycles. The molecule has 0 fully saturated rings. The number of carbonyl (C=O) groups excluding carboxylic acids is 5. The Balaban J connectivity index is 1.54. The molecule has 318 valence electrons. The maximum atomic E-state index is 14.0. The molecule has 4 atom stereocenters. The highest BCUT2D eigenvalue weighted by molar-refractivity contribution is 5.96. The molecule has 0 aromatic heterocycles. The van der Waals surface area contributed by atoms with Crippen molar-refractivity contribution in [2.75, 3.05) is 19.6 Å². The summed E-state index contributed by atoms with van der Waals surface area (Å²) >= 11 is 0. The first kappa shape index (κ1) is 45.6. The Kier molecular flexibility index (Phi) is 17.3. The summed E-state index contributed by atoms with van der Waals surface area (Å²) in [5, 5.41) is 33.7. The van der Waals surface area contributed by atoms with Crippen molar-refractivity contribution in [3.05, 3.63) is 114 Å². The molecule has 4 aromatic rings. The first-order valence-corrected chi connectivity index (χ1v) is 19.2. The molecular weight excluding hydrogens is 778 g/mol. The number of halogens is 1. The molecule has 17 nitrogen and oxygen atoms in total. The van der Waals surface area contributed by atoms with Crippen molar-refractivity contribution < 1.29 is 43.4 Å². The van der Waals surface area contributed by atoms with Crippen LogP contribution in [-0.4, -0.2) is 95.5 Å². The molecule has 0 spiro atoms. The number of carboxylic acid groups (broad SMARTS) is 1. The number of carbonyl (C=O) groups is 6. The van der Waals surface area contributed by atoms with Gasteiger partial charge in [-0.1, -0.05) is 54.6 Å². The van der Waals surface area contributed by atoms with E-state index in [0.29, 0.717) is 11.1 Å². The number of benzene rings is 4. The summed E-state index contributed by atoms with van der Waals surface area (Å²) in [5.74, 6) is -5.50. The van der Waals surface area contributed by atoms with Crippen LogP contribution >= 0.6 is 0 Å². The van der Waals surface area contributed by atoms with Gasteiger partial charge < -0.3 is 54.0 Å². The third-order valence-electron chi connectivity index (χ3n) is 9.30. The van der Waals surface area contributed by atoms with Gasteiger partial charge in [-0.3, -0.25) is 33.8 Å². The molecule has 4 rings (SSSR count). The lowest BCUT2D eigenvalue weighted by Gasteiger charge is -2.26. The minimum absolute atomic E-state index is 0.0252. The van der Waals surface area contributed by atoms with Gasteiger partial charge in [-0.2, -0.15) is 0 Å². The number of nitrogens with two attached hydrogens (primary N) is 3. The topological polar surface area (TPSA) is 293 Å². The van der Waals surface area contributed by atoms with E-state index in [0.717, 1.165) is 22.9 Å². The van der Waals surface area contributed by atoms with Crippen LogP contribution in [-0.2, 0) is 36.8 Å². The monoisotopic (exact) mass is 827 g/mol. The lowest BCUT2D eigenvalue weighted by atomic mass is 10.0. The highest BCUT2D eigenvalue weighted by Gasteiger charge is 2.31. The average Bonchev–Trinajstić information content (AvgIpc) is 3.22. The normalized spacial score (nSPS) is 12.8. The number of fused-ring (bicyclic) bond motifs is 1. The number of carboxylic acids is 1. The van der Waals surface area contributed by atoms with Crippen molar-refractivity contribution in [2.45, 2.75) is 62.7 Å². The van der Waals surface area contributed by atoms with Gasteiger partial charge in [-0.25, -0.2) is 4.39 Å². The zero-order chi connectivity index (χ0) is 43.6. The molecule has 0 saturated carbocycles. The minimum atomic E-state index is -1.30. The van der Waals surface area contributed by atoms with Crippen LogP contribution in [0.25, 0.3) is 10.8 Å². The molecule has 0 bridgehead atoms. The summed E-state index contributed by atoms with van der Waals surface area (Å²) in [6.07, 6.45) is 0.336. The van der Waals surface area contributed by atoms with Gasteiger partial charge in [0.15, 0.2) is 5.96 Å².